The summed E-state index contributed by atoms with van der Waals surface area (Å²) in [5.41, 5.74) is 10.5. The Bertz CT molecular complexity index is 1130. The van der Waals surface area contributed by atoms with Gasteiger partial charge in [0.2, 0.25) is 0 Å². The van der Waals surface area contributed by atoms with Gasteiger partial charge in [-0.3, -0.25) is 0 Å². The van der Waals surface area contributed by atoms with Crippen molar-refractivity contribution in [3.63, 3.8) is 0 Å². The summed E-state index contributed by atoms with van der Waals surface area (Å²) in [5, 5.41) is 3.76. The number of hydrogen-bond acceptors (Lipinski definition) is 3. The summed E-state index contributed by atoms with van der Waals surface area (Å²) in [6, 6.07) is 15.6. The summed E-state index contributed by atoms with van der Waals surface area (Å²) < 4.78 is 0. The van der Waals surface area contributed by atoms with Gasteiger partial charge in [0.05, 0.1) is 0 Å². The molecular weight excluding hydrogens is 414 g/mol. The lowest BCUT2D eigenvalue weighted by Crippen LogP contribution is -2.45. The standard InChI is InChI=1S/C31H41N3/c1-7-23-14-11-15-24(8-2)29(23)30-33-22(5)26(28(34-30)19-21(3)4)20-31(32-6)18-12-16-25-13-9-10-17-27(25)31/h9-11,13-15,17,21,32H,7-8,12,16,18-20H2,1-6H3. The fourth-order valence-corrected chi connectivity index (χ4v) is 5.84. The molecule has 1 unspecified atom stereocenters. The summed E-state index contributed by atoms with van der Waals surface area (Å²) in [6.45, 7) is 11.2. The van der Waals surface area contributed by atoms with Crippen molar-refractivity contribution in [2.75, 3.05) is 7.05 Å². The molecule has 1 heterocycles. The van der Waals surface area contributed by atoms with Crippen molar-refractivity contribution in [1.29, 1.82) is 0 Å². The monoisotopic (exact) mass is 455 g/mol. The second-order valence-corrected chi connectivity index (χ2v) is 10.3. The van der Waals surface area contributed by atoms with Crippen LogP contribution in [0.3, 0.4) is 0 Å². The summed E-state index contributed by atoms with van der Waals surface area (Å²) in [4.78, 5) is 10.5. The van der Waals surface area contributed by atoms with Crippen molar-refractivity contribution in [2.24, 2.45) is 5.92 Å². The molecule has 1 N–H and O–H groups in total. The van der Waals surface area contributed by atoms with E-state index in [4.69, 9.17) is 9.97 Å². The van der Waals surface area contributed by atoms with Gasteiger partial charge < -0.3 is 5.32 Å². The van der Waals surface area contributed by atoms with Crippen molar-refractivity contribution < 1.29 is 0 Å². The maximum absolute atomic E-state index is 5.31. The van der Waals surface area contributed by atoms with E-state index >= 15 is 0 Å². The Kier molecular flexibility index (Phi) is 7.52. The van der Waals surface area contributed by atoms with Crippen molar-refractivity contribution in [3.05, 3.63) is 81.7 Å². The first kappa shape index (κ1) is 24.6. The molecule has 0 saturated carbocycles. The molecule has 1 aliphatic rings. The van der Waals surface area contributed by atoms with Crippen LogP contribution in [-0.2, 0) is 37.6 Å². The van der Waals surface area contributed by atoms with Crippen LogP contribution in [0, 0.1) is 12.8 Å². The molecule has 1 aliphatic carbocycles. The van der Waals surface area contributed by atoms with Crippen molar-refractivity contribution in [3.8, 4) is 11.4 Å². The zero-order valence-corrected chi connectivity index (χ0v) is 22.0. The summed E-state index contributed by atoms with van der Waals surface area (Å²) >= 11 is 0. The fourth-order valence-electron chi connectivity index (χ4n) is 5.84. The third-order valence-electron chi connectivity index (χ3n) is 7.66. The predicted octanol–water partition coefficient (Wildman–Crippen LogP) is 6.77. The molecule has 0 saturated heterocycles. The van der Waals surface area contributed by atoms with Crippen LogP contribution in [0.25, 0.3) is 11.4 Å². The second kappa shape index (κ2) is 10.4. The third kappa shape index (κ3) is 4.68. The highest BCUT2D eigenvalue weighted by molar-refractivity contribution is 5.66. The number of rotatable bonds is 8. The predicted molar refractivity (Wildman–Crippen MR) is 143 cm³/mol. The van der Waals surface area contributed by atoms with Crippen LogP contribution in [0.4, 0.5) is 0 Å². The average Bonchev–Trinajstić information content (AvgIpc) is 2.85. The molecule has 1 aromatic heterocycles. The highest BCUT2D eigenvalue weighted by Crippen LogP contribution is 2.39. The van der Waals surface area contributed by atoms with E-state index in [9.17, 15) is 0 Å². The number of nitrogens with zero attached hydrogens (tertiary/aromatic N) is 2. The number of nitrogens with one attached hydrogen (secondary N) is 1. The molecule has 3 nitrogen and oxygen atoms in total. The Morgan fingerprint density at radius 2 is 1.68 bits per heavy atom. The molecule has 180 valence electrons. The van der Waals surface area contributed by atoms with Gasteiger partial charge >= 0.3 is 0 Å². The molecule has 0 radical (unpaired) electrons. The first-order valence-electron chi connectivity index (χ1n) is 13.2. The van der Waals surface area contributed by atoms with Crippen LogP contribution in [0.1, 0.15) is 79.7 Å². The number of benzene rings is 2. The minimum atomic E-state index is -0.0634. The molecular formula is C31H41N3. The first-order chi connectivity index (χ1) is 16.4. The minimum absolute atomic E-state index is 0.0634. The van der Waals surface area contributed by atoms with Gasteiger partial charge in [-0.2, -0.15) is 0 Å². The lowest BCUT2D eigenvalue weighted by atomic mass is 9.72. The minimum Gasteiger partial charge on any atom is -0.310 e. The van der Waals surface area contributed by atoms with Gasteiger partial charge in [0.1, 0.15) is 0 Å². The van der Waals surface area contributed by atoms with Crippen LogP contribution >= 0.6 is 0 Å². The molecule has 0 spiro atoms. The zero-order valence-electron chi connectivity index (χ0n) is 22.0. The first-order valence-corrected chi connectivity index (χ1v) is 13.2. The van der Waals surface area contributed by atoms with Crippen LogP contribution < -0.4 is 5.32 Å². The molecule has 3 heteroatoms. The second-order valence-electron chi connectivity index (χ2n) is 10.3. The molecule has 34 heavy (non-hydrogen) atoms. The van der Waals surface area contributed by atoms with Crippen molar-refractivity contribution in [2.45, 2.75) is 85.1 Å². The van der Waals surface area contributed by atoms with Crippen LogP contribution in [0.5, 0.6) is 0 Å². The summed E-state index contributed by atoms with van der Waals surface area (Å²) in [6.07, 6.45) is 7.41. The van der Waals surface area contributed by atoms with Gasteiger partial charge in [0.25, 0.3) is 0 Å². The van der Waals surface area contributed by atoms with Gasteiger partial charge in [-0.25, -0.2) is 9.97 Å². The van der Waals surface area contributed by atoms with Gasteiger partial charge in [0, 0.05) is 22.5 Å². The molecule has 0 amide bonds. The number of likely N-dealkylation sites (N-methyl/N-ethyl adjacent to an activating group) is 1. The maximum atomic E-state index is 5.31. The van der Waals surface area contributed by atoms with E-state index in [1.165, 1.54) is 51.9 Å². The van der Waals surface area contributed by atoms with E-state index < -0.39 is 0 Å². The van der Waals surface area contributed by atoms with Crippen LogP contribution in [0.15, 0.2) is 42.5 Å². The molecule has 0 aliphatic heterocycles. The Hall–Kier alpha value is -2.52. The topological polar surface area (TPSA) is 37.8 Å². The lowest BCUT2D eigenvalue weighted by molar-refractivity contribution is 0.301. The smallest absolute Gasteiger partial charge is 0.160 e. The van der Waals surface area contributed by atoms with Crippen LogP contribution in [-0.4, -0.2) is 17.0 Å². The highest BCUT2D eigenvalue weighted by atomic mass is 15.0. The van der Waals surface area contributed by atoms with E-state index in [0.717, 1.165) is 43.6 Å². The summed E-state index contributed by atoms with van der Waals surface area (Å²) in [7, 11) is 2.12. The molecule has 0 fully saturated rings. The highest BCUT2D eigenvalue weighted by Gasteiger charge is 2.36. The number of fused-ring (bicyclic) bond motifs is 1. The van der Waals surface area contributed by atoms with Gasteiger partial charge in [-0.1, -0.05) is 70.2 Å². The molecule has 3 aromatic rings. The Balaban J connectivity index is 1.86. The lowest BCUT2D eigenvalue weighted by Gasteiger charge is -2.40. The van der Waals surface area contributed by atoms with E-state index in [2.05, 4.69) is 89.4 Å². The summed E-state index contributed by atoms with van der Waals surface area (Å²) in [5.74, 6) is 1.45. The average molecular weight is 456 g/mol. The van der Waals surface area contributed by atoms with Gasteiger partial charge in [0.15, 0.2) is 5.82 Å². The Labute approximate surface area is 206 Å². The SMILES string of the molecule is CCc1cccc(CC)c1-c1nc(C)c(CC2(NC)CCCc3ccccc32)c(CC(C)C)n1. The zero-order chi connectivity index (χ0) is 24.3. The molecule has 2 aromatic carbocycles. The molecule has 4 rings (SSSR count). The number of aryl methyl sites for hydroxylation is 4. The van der Waals surface area contributed by atoms with Gasteiger partial charge in [-0.05, 0) is 92.7 Å². The number of aromatic nitrogens is 2. The molecule has 1 atom stereocenters. The van der Waals surface area contributed by atoms with Crippen molar-refractivity contribution >= 4 is 0 Å². The van der Waals surface area contributed by atoms with Gasteiger partial charge in [-0.15, -0.1) is 0 Å². The van der Waals surface area contributed by atoms with E-state index in [1.54, 1.807) is 0 Å². The fraction of sp³-hybridized carbons (Fsp3) is 0.484. The van der Waals surface area contributed by atoms with Crippen molar-refractivity contribution in [1.82, 2.24) is 15.3 Å². The Morgan fingerprint density at radius 3 is 2.32 bits per heavy atom. The quantitative estimate of drug-likeness (QED) is 0.407. The third-order valence-corrected chi connectivity index (χ3v) is 7.66. The van der Waals surface area contributed by atoms with E-state index in [-0.39, 0.29) is 5.54 Å². The maximum Gasteiger partial charge on any atom is 0.160 e. The largest absolute Gasteiger partial charge is 0.310 e. The van der Waals surface area contributed by atoms with Crippen LogP contribution in [0.2, 0.25) is 0 Å². The normalized spacial score (nSPS) is 17.7. The number of hydrogen-bond donors (Lipinski definition) is 1. The van der Waals surface area contributed by atoms with E-state index in [0.29, 0.717) is 5.92 Å². The Morgan fingerprint density at radius 1 is 0.971 bits per heavy atom. The van der Waals surface area contributed by atoms with E-state index in [1.807, 2.05) is 0 Å². The molecule has 0 bridgehead atoms.